The Labute approximate surface area is 131 Å². The lowest BCUT2D eigenvalue weighted by molar-refractivity contribution is -0.138. The highest BCUT2D eigenvalue weighted by molar-refractivity contribution is 5.81. The van der Waals surface area contributed by atoms with Gasteiger partial charge in [0.1, 0.15) is 0 Å². The van der Waals surface area contributed by atoms with Crippen LogP contribution in [0.5, 0.6) is 0 Å². The summed E-state index contributed by atoms with van der Waals surface area (Å²) in [6, 6.07) is 4.52. The van der Waals surface area contributed by atoms with Crippen molar-refractivity contribution in [1.82, 2.24) is 15.3 Å². The Balaban J connectivity index is 1.86. The highest BCUT2D eigenvalue weighted by atomic mass is 19.4. The van der Waals surface area contributed by atoms with Gasteiger partial charge < -0.3 is 16.0 Å². The molecule has 0 saturated heterocycles. The zero-order valence-electron chi connectivity index (χ0n) is 12.2. The Morgan fingerprint density at radius 1 is 1.35 bits per heavy atom. The summed E-state index contributed by atoms with van der Waals surface area (Å²) in [5, 5.41) is 2.56. The lowest BCUT2D eigenvalue weighted by Gasteiger charge is -2.14. The highest BCUT2D eigenvalue weighted by Gasteiger charge is 2.32. The van der Waals surface area contributed by atoms with E-state index in [1.54, 1.807) is 6.20 Å². The van der Waals surface area contributed by atoms with Crippen LogP contribution in [-0.4, -0.2) is 28.5 Å². The molecule has 0 aliphatic carbocycles. The molecular weight excluding hydrogens is 309 g/mol. The first-order valence-electron chi connectivity index (χ1n) is 7.03. The van der Waals surface area contributed by atoms with Crippen molar-refractivity contribution in [3.05, 3.63) is 53.6 Å². The molecule has 1 heterocycles. The third kappa shape index (κ3) is 4.82. The van der Waals surface area contributed by atoms with E-state index in [-0.39, 0.29) is 24.9 Å². The third-order valence-corrected chi connectivity index (χ3v) is 3.35. The number of hydrogen-bond donors (Lipinski definition) is 3. The zero-order valence-corrected chi connectivity index (χ0v) is 12.2. The van der Waals surface area contributed by atoms with Crippen molar-refractivity contribution in [2.75, 3.05) is 6.54 Å². The first-order chi connectivity index (χ1) is 10.9. The number of imidazole rings is 1. The number of alkyl halides is 3. The van der Waals surface area contributed by atoms with Gasteiger partial charge in [0.25, 0.3) is 0 Å². The Kier molecular flexibility index (Phi) is 5.38. The van der Waals surface area contributed by atoms with E-state index in [1.807, 2.05) is 0 Å². The van der Waals surface area contributed by atoms with Crippen molar-refractivity contribution < 1.29 is 18.0 Å². The molecule has 1 aromatic heterocycles. The second-order valence-corrected chi connectivity index (χ2v) is 5.08. The molecule has 0 aliphatic rings. The average Bonchev–Trinajstić information content (AvgIpc) is 2.99. The summed E-state index contributed by atoms with van der Waals surface area (Å²) >= 11 is 0. The maximum atomic E-state index is 12.9. The van der Waals surface area contributed by atoms with Gasteiger partial charge >= 0.3 is 6.18 Å². The van der Waals surface area contributed by atoms with Crippen molar-refractivity contribution in [3.8, 4) is 0 Å². The van der Waals surface area contributed by atoms with E-state index in [4.69, 9.17) is 5.73 Å². The van der Waals surface area contributed by atoms with Gasteiger partial charge in [0.15, 0.2) is 0 Å². The minimum Gasteiger partial charge on any atom is -0.354 e. The van der Waals surface area contributed by atoms with Gasteiger partial charge in [-0.25, -0.2) is 4.98 Å². The number of aromatic amines is 1. The molecule has 0 unspecified atom stereocenters. The van der Waals surface area contributed by atoms with Gasteiger partial charge in [-0.3, -0.25) is 4.79 Å². The molecule has 0 aliphatic heterocycles. The van der Waals surface area contributed by atoms with Crippen LogP contribution in [0.25, 0.3) is 0 Å². The van der Waals surface area contributed by atoms with Gasteiger partial charge in [-0.2, -0.15) is 13.2 Å². The number of halogens is 3. The van der Waals surface area contributed by atoms with Gasteiger partial charge in [0.05, 0.1) is 17.9 Å². The largest absolute Gasteiger partial charge is 0.416 e. The third-order valence-electron chi connectivity index (χ3n) is 3.35. The van der Waals surface area contributed by atoms with E-state index in [2.05, 4.69) is 15.3 Å². The van der Waals surface area contributed by atoms with E-state index >= 15 is 0 Å². The van der Waals surface area contributed by atoms with E-state index in [9.17, 15) is 18.0 Å². The number of carbonyl (C=O) groups excluding carboxylic acids is 1. The summed E-state index contributed by atoms with van der Waals surface area (Å²) in [5.74, 6) is -0.413. The normalized spacial score (nSPS) is 12.9. The molecule has 1 atom stereocenters. The summed E-state index contributed by atoms with van der Waals surface area (Å²) in [6.45, 7) is 0.0859. The van der Waals surface area contributed by atoms with E-state index < -0.39 is 23.7 Å². The fourth-order valence-corrected chi connectivity index (χ4v) is 2.19. The molecule has 1 amide bonds. The number of aromatic nitrogens is 2. The quantitative estimate of drug-likeness (QED) is 0.755. The van der Waals surface area contributed by atoms with Crippen LogP contribution in [0.2, 0.25) is 0 Å². The summed E-state index contributed by atoms with van der Waals surface area (Å²) < 4.78 is 38.6. The number of hydrogen-bond acceptors (Lipinski definition) is 3. The van der Waals surface area contributed by atoms with Gasteiger partial charge in [-0.05, 0) is 18.1 Å². The molecule has 2 aromatic rings. The first kappa shape index (κ1) is 17.0. The first-order valence-corrected chi connectivity index (χ1v) is 7.03. The van der Waals surface area contributed by atoms with Crippen molar-refractivity contribution in [2.45, 2.75) is 25.1 Å². The van der Waals surface area contributed by atoms with Crippen molar-refractivity contribution >= 4 is 5.91 Å². The summed E-state index contributed by atoms with van der Waals surface area (Å²) in [4.78, 5) is 18.5. The number of rotatable bonds is 6. The number of carbonyl (C=O) groups is 1. The molecule has 0 radical (unpaired) electrons. The van der Waals surface area contributed by atoms with Crippen LogP contribution in [-0.2, 0) is 23.8 Å². The van der Waals surface area contributed by atoms with Crippen LogP contribution in [0.1, 0.15) is 16.8 Å². The van der Waals surface area contributed by atoms with Gasteiger partial charge in [-0.15, -0.1) is 0 Å². The summed E-state index contributed by atoms with van der Waals surface area (Å²) in [7, 11) is 0. The standard InChI is InChI=1S/C15H17F3N4O/c16-15(17,18)12-4-2-1-3-10(12)5-6-21-14(23)13(19)7-11-8-20-9-22-11/h1-4,8-9,13H,5-7,19H2,(H,20,22)(H,21,23)/t13-/m1/s1. The fraction of sp³-hybridized carbons (Fsp3) is 0.333. The molecule has 124 valence electrons. The Hall–Kier alpha value is -2.35. The Bertz CT molecular complexity index is 640. The van der Waals surface area contributed by atoms with E-state index in [0.717, 1.165) is 11.8 Å². The average molecular weight is 326 g/mol. The van der Waals surface area contributed by atoms with Crippen LogP contribution in [0, 0.1) is 0 Å². The number of nitrogens with zero attached hydrogens (tertiary/aromatic N) is 1. The fourth-order valence-electron chi connectivity index (χ4n) is 2.19. The smallest absolute Gasteiger partial charge is 0.354 e. The predicted octanol–water partition coefficient (Wildman–Crippen LogP) is 1.66. The molecule has 5 nitrogen and oxygen atoms in total. The SMILES string of the molecule is N[C@H](Cc1cnc[nH]1)C(=O)NCCc1ccccc1C(F)(F)F. The number of nitrogens with two attached hydrogens (primary N) is 1. The van der Waals surface area contributed by atoms with Crippen molar-refractivity contribution in [3.63, 3.8) is 0 Å². The van der Waals surface area contributed by atoms with Crippen LogP contribution in [0.15, 0.2) is 36.8 Å². The zero-order chi connectivity index (χ0) is 16.9. The number of nitrogens with one attached hydrogen (secondary N) is 2. The highest BCUT2D eigenvalue weighted by Crippen LogP contribution is 2.31. The molecule has 0 bridgehead atoms. The maximum Gasteiger partial charge on any atom is 0.416 e. The predicted molar refractivity (Wildman–Crippen MR) is 78.4 cm³/mol. The minimum absolute atomic E-state index is 0.0815. The summed E-state index contributed by atoms with van der Waals surface area (Å²) in [5.41, 5.74) is 5.92. The van der Waals surface area contributed by atoms with E-state index in [1.165, 1.54) is 24.5 Å². The molecule has 2 rings (SSSR count). The van der Waals surface area contributed by atoms with Gasteiger partial charge in [-0.1, -0.05) is 18.2 Å². The maximum absolute atomic E-state index is 12.9. The van der Waals surface area contributed by atoms with Crippen LogP contribution in [0.3, 0.4) is 0 Å². The Morgan fingerprint density at radius 2 is 2.09 bits per heavy atom. The lowest BCUT2D eigenvalue weighted by atomic mass is 10.0. The van der Waals surface area contributed by atoms with Crippen molar-refractivity contribution in [1.29, 1.82) is 0 Å². The molecule has 1 aromatic carbocycles. The number of H-pyrrole nitrogens is 1. The second-order valence-electron chi connectivity index (χ2n) is 5.08. The molecule has 0 spiro atoms. The topological polar surface area (TPSA) is 83.8 Å². The number of amides is 1. The lowest BCUT2D eigenvalue weighted by Crippen LogP contribution is -2.42. The van der Waals surface area contributed by atoms with Crippen LogP contribution >= 0.6 is 0 Å². The monoisotopic (exact) mass is 326 g/mol. The molecule has 4 N–H and O–H groups in total. The minimum atomic E-state index is -4.41. The molecule has 8 heteroatoms. The summed E-state index contributed by atoms with van der Waals surface area (Å²) in [6.07, 6.45) is -0.998. The van der Waals surface area contributed by atoms with Crippen molar-refractivity contribution in [2.24, 2.45) is 5.73 Å². The molecule has 0 saturated carbocycles. The second kappa shape index (κ2) is 7.28. The number of benzene rings is 1. The molecular formula is C15H17F3N4O. The molecule has 23 heavy (non-hydrogen) atoms. The van der Waals surface area contributed by atoms with Gasteiger partial charge in [0.2, 0.25) is 5.91 Å². The van der Waals surface area contributed by atoms with Crippen LogP contribution in [0.4, 0.5) is 13.2 Å². The van der Waals surface area contributed by atoms with E-state index in [0.29, 0.717) is 0 Å². The van der Waals surface area contributed by atoms with Crippen LogP contribution < -0.4 is 11.1 Å². The Morgan fingerprint density at radius 3 is 2.74 bits per heavy atom. The van der Waals surface area contributed by atoms with Gasteiger partial charge in [0, 0.05) is 24.9 Å². The molecule has 0 fully saturated rings.